The number of halogens is 3. The third kappa shape index (κ3) is 6.05. The zero-order valence-corrected chi connectivity index (χ0v) is 20.0. The van der Waals surface area contributed by atoms with Crippen LogP contribution in [0, 0.1) is 0 Å². The van der Waals surface area contributed by atoms with Crippen molar-refractivity contribution in [1.29, 1.82) is 0 Å². The Hall–Kier alpha value is -2.24. The second-order valence-electron chi connectivity index (χ2n) is 8.84. The summed E-state index contributed by atoms with van der Waals surface area (Å²) in [5.41, 5.74) is 0.142. The molecule has 186 valence electrons. The number of anilines is 1. The van der Waals surface area contributed by atoms with Crippen molar-refractivity contribution in [2.24, 2.45) is 0 Å². The Kier molecular flexibility index (Phi) is 7.73. The fourth-order valence-corrected chi connectivity index (χ4v) is 5.24. The molecule has 0 spiro atoms. The fraction of sp³-hybridized carbons (Fsp3) is 0.565. The number of benzene rings is 1. The Labute approximate surface area is 199 Å². The quantitative estimate of drug-likeness (QED) is 0.611. The number of nitrogens with zero attached hydrogens (tertiary/aromatic N) is 3. The lowest BCUT2D eigenvalue weighted by atomic mass is 10.0. The van der Waals surface area contributed by atoms with Gasteiger partial charge in [0.1, 0.15) is 22.7 Å². The molecule has 11 heteroatoms. The molecular formula is C23H29F3N4O3S. The number of alkyl halides is 3. The van der Waals surface area contributed by atoms with Crippen LogP contribution in [-0.4, -0.2) is 56.9 Å². The number of hydrogen-bond donors (Lipinski definition) is 1. The highest BCUT2D eigenvalue weighted by Crippen LogP contribution is 2.36. The first kappa shape index (κ1) is 24.9. The molecule has 4 rings (SSSR count). The van der Waals surface area contributed by atoms with Crippen molar-refractivity contribution in [2.45, 2.75) is 62.2 Å². The molecule has 7 nitrogen and oxygen atoms in total. The van der Waals surface area contributed by atoms with E-state index >= 15 is 0 Å². The van der Waals surface area contributed by atoms with Crippen molar-refractivity contribution in [1.82, 2.24) is 14.3 Å². The number of aromatic nitrogens is 2. The van der Waals surface area contributed by atoms with E-state index in [9.17, 15) is 17.4 Å². The van der Waals surface area contributed by atoms with E-state index < -0.39 is 34.7 Å². The van der Waals surface area contributed by atoms with E-state index in [1.165, 1.54) is 0 Å². The predicted octanol–water partition coefficient (Wildman–Crippen LogP) is 4.39. The molecule has 1 N–H and O–H groups in total. The highest BCUT2D eigenvalue weighted by molar-refractivity contribution is 7.82. The van der Waals surface area contributed by atoms with Gasteiger partial charge in [0.15, 0.2) is 0 Å². The molecule has 2 aliphatic heterocycles. The second-order valence-corrected chi connectivity index (χ2v) is 10.3. The van der Waals surface area contributed by atoms with E-state index in [2.05, 4.69) is 29.1 Å². The summed E-state index contributed by atoms with van der Waals surface area (Å²) in [6.07, 6.45) is -2.49. The molecule has 2 aliphatic rings. The monoisotopic (exact) mass is 498 g/mol. The van der Waals surface area contributed by atoms with E-state index in [1.807, 2.05) is 28.6 Å². The van der Waals surface area contributed by atoms with E-state index in [-0.39, 0.29) is 18.6 Å². The molecule has 2 atom stereocenters. The molecule has 0 saturated carbocycles. The van der Waals surface area contributed by atoms with Crippen molar-refractivity contribution in [3.8, 4) is 5.88 Å². The number of piperidine rings is 1. The molecule has 1 aromatic heterocycles. The van der Waals surface area contributed by atoms with E-state index in [0.717, 1.165) is 16.7 Å². The molecule has 2 unspecified atom stereocenters. The highest BCUT2D eigenvalue weighted by Gasteiger charge is 2.37. The lowest BCUT2D eigenvalue weighted by Crippen LogP contribution is -2.40. The van der Waals surface area contributed by atoms with Gasteiger partial charge < -0.3 is 14.8 Å². The Morgan fingerprint density at radius 1 is 1.24 bits per heavy atom. The topological polar surface area (TPSA) is 76.6 Å². The number of ether oxygens (including phenoxy) is 2. The van der Waals surface area contributed by atoms with Gasteiger partial charge in [0.25, 0.3) is 0 Å². The molecule has 2 aromatic rings. The first-order valence-electron chi connectivity index (χ1n) is 11.4. The van der Waals surface area contributed by atoms with Gasteiger partial charge in [-0.25, -0.2) is 13.5 Å². The van der Waals surface area contributed by atoms with Crippen molar-refractivity contribution in [3.05, 3.63) is 41.6 Å². The number of nitrogens with one attached hydrogen (secondary N) is 1. The van der Waals surface area contributed by atoms with Gasteiger partial charge in [-0.1, -0.05) is 26.0 Å². The lowest BCUT2D eigenvalue weighted by Gasteiger charge is -2.31. The first-order valence-corrected chi connectivity index (χ1v) is 12.5. The van der Waals surface area contributed by atoms with E-state index in [0.29, 0.717) is 44.9 Å². The van der Waals surface area contributed by atoms with Crippen LogP contribution in [0.25, 0.3) is 0 Å². The summed E-state index contributed by atoms with van der Waals surface area (Å²) in [4.78, 5) is 8.69. The predicted molar refractivity (Wildman–Crippen MR) is 122 cm³/mol. The van der Waals surface area contributed by atoms with Gasteiger partial charge in [0, 0.05) is 31.7 Å². The standard InChI is InChI=1S/C23H29F3N4O3S/c1-15(2)16-4-3-5-19(12-16)34(31)30-9-6-17(7-10-30)28-22-27-13-20(23(24,25)26)21(29-22)33-18-8-11-32-14-18/h3-5,12-13,15,17-18H,6-11,14H2,1-2H3,(H,27,28,29). The minimum Gasteiger partial charge on any atom is -0.471 e. The summed E-state index contributed by atoms with van der Waals surface area (Å²) in [5, 5.41) is 3.12. The van der Waals surface area contributed by atoms with Crippen LogP contribution in [0.5, 0.6) is 5.88 Å². The highest BCUT2D eigenvalue weighted by atomic mass is 32.2. The Morgan fingerprint density at radius 2 is 2.00 bits per heavy atom. The van der Waals surface area contributed by atoms with Crippen LogP contribution >= 0.6 is 0 Å². The Balaban J connectivity index is 1.39. The van der Waals surface area contributed by atoms with Crippen LogP contribution in [0.2, 0.25) is 0 Å². The van der Waals surface area contributed by atoms with E-state index in [4.69, 9.17) is 9.47 Å². The molecule has 0 bridgehead atoms. The van der Waals surface area contributed by atoms with E-state index in [1.54, 1.807) is 0 Å². The maximum absolute atomic E-state index is 13.4. The molecule has 34 heavy (non-hydrogen) atoms. The third-order valence-corrected chi connectivity index (χ3v) is 7.46. The molecule has 2 fully saturated rings. The minimum atomic E-state index is -4.62. The van der Waals surface area contributed by atoms with Crippen molar-refractivity contribution < 1.29 is 26.9 Å². The molecule has 1 aromatic carbocycles. The Bertz CT molecular complexity index is 1010. The van der Waals surface area contributed by atoms with Gasteiger partial charge >= 0.3 is 6.18 Å². The van der Waals surface area contributed by atoms with Gasteiger partial charge in [0.05, 0.1) is 18.1 Å². The fourth-order valence-electron chi connectivity index (χ4n) is 3.96. The van der Waals surface area contributed by atoms with Crippen LogP contribution in [0.3, 0.4) is 0 Å². The third-order valence-electron chi connectivity index (χ3n) is 5.97. The normalized spacial score (nSPS) is 21.1. The van der Waals surface area contributed by atoms with Gasteiger partial charge in [-0.15, -0.1) is 0 Å². The van der Waals surface area contributed by atoms with Gasteiger partial charge in [-0.05, 0) is 36.5 Å². The maximum atomic E-state index is 13.4. The van der Waals surface area contributed by atoms with Crippen molar-refractivity contribution >= 4 is 16.9 Å². The minimum absolute atomic E-state index is 0.0466. The SMILES string of the molecule is CC(C)c1cccc(S(=O)N2CCC(Nc3ncc(C(F)(F)F)c(OC4CCOC4)n3)CC2)c1. The van der Waals surface area contributed by atoms with Crippen LogP contribution in [0.1, 0.15) is 50.2 Å². The van der Waals surface area contributed by atoms with Gasteiger partial charge in [0.2, 0.25) is 11.8 Å². The largest absolute Gasteiger partial charge is 0.471 e. The summed E-state index contributed by atoms with van der Waals surface area (Å²) in [5.74, 6) is -0.0408. The van der Waals surface area contributed by atoms with Crippen LogP contribution < -0.4 is 10.1 Å². The van der Waals surface area contributed by atoms with Gasteiger partial charge in [-0.2, -0.15) is 18.2 Å². The lowest BCUT2D eigenvalue weighted by molar-refractivity contribution is -0.139. The van der Waals surface area contributed by atoms with Crippen LogP contribution in [0.4, 0.5) is 19.1 Å². The smallest absolute Gasteiger partial charge is 0.423 e. The molecule has 3 heterocycles. The van der Waals surface area contributed by atoms with Crippen molar-refractivity contribution in [3.63, 3.8) is 0 Å². The Morgan fingerprint density at radius 3 is 2.65 bits per heavy atom. The summed E-state index contributed by atoms with van der Waals surface area (Å²) in [6, 6.07) is 7.77. The zero-order valence-electron chi connectivity index (χ0n) is 19.2. The average Bonchev–Trinajstić information content (AvgIpc) is 3.31. The van der Waals surface area contributed by atoms with Gasteiger partial charge in [-0.3, -0.25) is 0 Å². The molecule has 0 aliphatic carbocycles. The molecule has 0 amide bonds. The molecule has 2 saturated heterocycles. The second kappa shape index (κ2) is 10.6. The average molecular weight is 499 g/mol. The summed E-state index contributed by atoms with van der Waals surface area (Å²) < 4.78 is 65.8. The number of hydrogen-bond acceptors (Lipinski definition) is 6. The first-order chi connectivity index (χ1) is 16.2. The van der Waals surface area contributed by atoms with Crippen LogP contribution in [0.15, 0.2) is 35.4 Å². The maximum Gasteiger partial charge on any atom is 0.423 e. The van der Waals surface area contributed by atoms with Crippen molar-refractivity contribution in [2.75, 3.05) is 31.6 Å². The summed E-state index contributed by atoms with van der Waals surface area (Å²) in [6.45, 7) is 6.05. The number of rotatable bonds is 7. The summed E-state index contributed by atoms with van der Waals surface area (Å²) >= 11 is 0. The van der Waals surface area contributed by atoms with Crippen LogP contribution in [-0.2, 0) is 21.9 Å². The zero-order chi connectivity index (χ0) is 24.3. The summed E-state index contributed by atoms with van der Waals surface area (Å²) in [7, 11) is -1.26. The molecular weight excluding hydrogens is 469 g/mol. The molecule has 0 radical (unpaired) electrons.